The lowest BCUT2D eigenvalue weighted by Crippen LogP contribution is -2.35. The summed E-state index contributed by atoms with van der Waals surface area (Å²) in [5, 5.41) is 14.4. The molecular formula is C23H21N5O6S. The summed E-state index contributed by atoms with van der Waals surface area (Å²) in [6, 6.07) is 9.91. The van der Waals surface area contributed by atoms with Gasteiger partial charge in [-0.15, -0.1) is 0 Å². The van der Waals surface area contributed by atoms with E-state index in [-0.39, 0.29) is 24.1 Å². The lowest BCUT2D eigenvalue weighted by atomic mass is 10.1. The predicted octanol–water partition coefficient (Wildman–Crippen LogP) is 2.66. The summed E-state index contributed by atoms with van der Waals surface area (Å²) in [5.74, 6) is -1.82. The van der Waals surface area contributed by atoms with Crippen LogP contribution in [-0.2, 0) is 16.1 Å². The molecule has 0 radical (unpaired) electrons. The predicted molar refractivity (Wildman–Crippen MR) is 127 cm³/mol. The van der Waals surface area contributed by atoms with Gasteiger partial charge in [0.05, 0.1) is 33.9 Å². The van der Waals surface area contributed by atoms with Crippen molar-refractivity contribution in [2.75, 3.05) is 38.2 Å². The Kier molecular flexibility index (Phi) is 6.24. The number of nitrogens with zero attached hydrogens (tertiary/aromatic N) is 4. The van der Waals surface area contributed by atoms with Crippen molar-refractivity contribution >= 4 is 50.1 Å². The first kappa shape index (κ1) is 23.0. The quantitative estimate of drug-likeness (QED) is 0.300. The zero-order chi connectivity index (χ0) is 24.5. The Labute approximate surface area is 203 Å². The number of benzene rings is 2. The molecule has 1 aromatic heterocycles. The number of hydrogen-bond acceptors (Lipinski definition) is 9. The topological polar surface area (TPSA) is 135 Å². The van der Waals surface area contributed by atoms with Gasteiger partial charge in [0.15, 0.2) is 5.13 Å². The van der Waals surface area contributed by atoms with Gasteiger partial charge in [-0.05, 0) is 23.8 Å². The van der Waals surface area contributed by atoms with E-state index < -0.39 is 28.3 Å². The van der Waals surface area contributed by atoms with E-state index in [0.717, 1.165) is 53.5 Å². The van der Waals surface area contributed by atoms with E-state index in [2.05, 4.69) is 21.3 Å². The maximum Gasteiger partial charge on any atom is 0.282 e. The van der Waals surface area contributed by atoms with Crippen LogP contribution in [0.2, 0.25) is 0 Å². The lowest BCUT2D eigenvalue weighted by Gasteiger charge is -2.26. The van der Waals surface area contributed by atoms with Gasteiger partial charge in [0, 0.05) is 38.7 Å². The third kappa shape index (κ3) is 4.63. The Morgan fingerprint density at radius 2 is 1.97 bits per heavy atom. The van der Waals surface area contributed by atoms with Crippen molar-refractivity contribution in [2.24, 2.45) is 0 Å². The summed E-state index contributed by atoms with van der Waals surface area (Å²) < 4.78 is 6.33. The first-order valence-electron chi connectivity index (χ1n) is 11.0. The Morgan fingerprint density at radius 1 is 1.17 bits per heavy atom. The van der Waals surface area contributed by atoms with Crippen LogP contribution in [0.5, 0.6) is 0 Å². The number of rotatable bonds is 7. The van der Waals surface area contributed by atoms with Crippen LogP contribution in [0, 0.1) is 10.1 Å². The normalized spacial score (nSPS) is 16.1. The Morgan fingerprint density at radius 3 is 2.74 bits per heavy atom. The molecule has 0 unspecified atom stereocenters. The molecule has 1 fully saturated rings. The molecule has 0 bridgehead atoms. The fourth-order valence-corrected chi connectivity index (χ4v) is 5.15. The number of nitro groups is 1. The Bertz CT molecular complexity index is 1350. The number of amides is 3. The molecule has 0 saturated carbocycles. The summed E-state index contributed by atoms with van der Waals surface area (Å²) in [6.07, 6.45) is -0.155. The van der Waals surface area contributed by atoms with E-state index in [1.165, 1.54) is 29.5 Å². The second-order valence-electron chi connectivity index (χ2n) is 8.23. The third-order valence-corrected chi connectivity index (χ3v) is 6.88. The largest absolute Gasteiger partial charge is 0.379 e. The van der Waals surface area contributed by atoms with Gasteiger partial charge in [-0.2, -0.15) is 0 Å². The highest BCUT2D eigenvalue weighted by molar-refractivity contribution is 7.22. The van der Waals surface area contributed by atoms with Crippen molar-refractivity contribution in [3.63, 3.8) is 0 Å². The van der Waals surface area contributed by atoms with E-state index in [9.17, 15) is 24.5 Å². The number of ether oxygens (including phenoxy) is 1. The number of carbonyl (C=O) groups excluding carboxylic acids is 3. The Hall–Kier alpha value is -3.74. The molecule has 2 aromatic carbocycles. The minimum atomic E-state index is -0.766. The number of hydrogen-bond donors (Lipinski definition) is 1. The monoisotopic (exact) mass is 495 g/mol. The van der Waals surface area contributed by atoms with Crippen LogP contribution >= 0.6 is 11.3 Å². The standard InChI is InChI=1S/C23H21N5O6S/c29-19(6-7-27-21(30)15-2-1-3-17(28(32)33)20(15)22(27)31)25-23-24-16-5-4-14(12-18(16)35-23)13-26-8-10-34-11-9-26/h1-5,12H,6-11,13H2,(H,24,25,29). The molecule has 0 aliphatic carbocycles. The van der Waals surface area contributed by atoms with Crippen LogP contribution in [0.15, 0.2) is 36.4 Å². The van der Waals surface area contributed by atoms with Crippen molar-refractivity contribution < 1.29 is 24.0 Å². The van der Waals surface area contributed by atoms with Crippen LogP contribution in [0.1, 0.15) is 32.7 Å². The number of nitro benzene ring substituents is 1. The van der Waals surface area contributed by atoms with Crippen LogP contribution in [-0.4, -0.2) is 70.3 Å². The fourth-order valence-electron chi connectivity index (χ4n) is 4.20. The molecule has 12 heteroatoms. The maximum atomic E-state index is 12.6. The molecule has 1 saturated heterocycles. The summed E-state index contributed by atoms with van der Waals surface area (Å²) in [5.41, 5.74) is 1.24. The van der Waals surface area contributed by atoms with Crippen LogP contribution in [0.25, 0.3) is 10.2 Å². The van der Waals surface area contributed by atoms with E-state index in [0.29, 0.717) is 5.13 Å². The average Bonchev–Trinajstić information content (AvgIpc) is 3.35. The van der Waals surface area contributed by atoms with Gasteiger partial charge in [-0.25, -0.2) is 4.98 Å². The van der Waals surface area contributed by atoms with Gasteiger partial charge in [-0.1, -0.05) is 23.5 Å². The van der Waals surface area contributed by atoms with Crippen molar-refractivity contribution in [3.05, 3.63) is 63.2 Å². The van der Waals surface area contributed by atoms with Crippen molar-refractivity contribution in [2.45, 2.75) is 13.0 Å². The molecule has 2 aliphatic rings. The van der Waals surface area contributed by atoms with E-state index in [1.807, 2.05) is 12.1 Å². The van der Waals surface area contributed by atoms with E-state index in [1.54, 1.807) is 0 Å². The van der Waals surface area contributed by atoms with E-state index >= 15 is 0 Å². The zero-order valence-corrected chi connectivity index (χ0v) is 19.4. The smallest absolute Gasteiger partial charge is 0.282 e. The van der Waals surface area contributed by atoms with Gasteiger partial charge in [0.2, 0.25) is 5.91 Å². The summed E-state index contributed by atoms with van der Waals surface area (Å²) >= 11 is 1.35. The second kappa shape index (κ2) is 9.49. The first-order valence-corrected chi connectivity index (χ1v) is 11.9. The number of nitrogens with one attached hydrogen (secondary N) is 1. The van der Waals surface area contributed by atoms with Crippen LogP contribution in [0.4, 0.5) is 10.8 Å². The highest BCUT2D eigenvalue weighted by atomic mass is 32.1. The van der Waals surface area contributed by atoms with Gasteiger partial charge in [0.1, 0.15) is 5.56 Å². The molecule has 0 atom stereocenters. The van der Waals surface area contributed by atoms with Gasteiger partial charge < -0.3 is 10.1 Å². The second-order valence-corrected chi connectivity index (χ2v) is 9.26. The molecule has 1 N–H and O–H groups in total. The number of aromatic nitrogens is 1. The number of carbonyl (C=O) groups is 3. The molecule has 0 spiro atoms. The van der Waals surface area contributed by atoms with Gasteiger partial charge in [0.25, 0.3) is 17.5 Å². The van der Waals surface area contributed by atoms with Crippen LogP contribution in [0.3, 0.4) is 0 Å². The number of thiazole rings is 1. The SMILES string of the molecule is O=C(CCN1C(=O)c2cccc([N+](=O)[O-])c2C1=O)Nc1nc2ccc(CN3CCOCC3)cc2s1. The molecule has 180 valence electrons. The van der Waals surface area contributed by atoms with Crippen molar-refractivity contribution in [1.82, 2.24) is 14.8 Å². The number of imide groups is 1. The molecular weight excluding hydrogens is 474 g/mol. The molecule has 5 rings (SSSR count). The average molecular weight is 496 g/mol. The number of morpholine rings is 1. The van der Waals surface area contributed by atoms with Crippen molar-refractivity contribution in [3.8, 4) is 0 Å². The fraction of sp³-hybridized carbons (Fsp3) is 0.304. The third-order valence-electron chi connectivity index (χ3n) is 5.95. The molecule has 35 heavy (non-hydrogen) atoms. The van der Waals surface area contributed by atoms with Gasteiger partial charge in [-0.3, -0.25) is 34.3 Å². The number of anilines is 1. The molecule has 2 aliphatic heterocycles. The molecule has 3 aromatic rings. The highest BCUT2D eigenvalue weighted by Gasteiger charge is 2.40. The minimum Gasteiger partial charge on any atom is -0.379 e. The zero-order valence-electron chi connectivity index (χ0n) is 18.6. The van der Waals surface area contributed by atoms with Gasteiger partial charge >= 0.3 is 0 Å². The van der Waals surface area contributed by atoms with Crippen LogP contribution < -0.4 is 5.32 Å². The molecule has 11 nitrogen and oxygen atoms in total. The first-order chi connectivity index (χ1) is 16.9. The minimum absolute atomic E-state index is 0.0244. The summed E-state index contributed by atoms with van der Waals surface area (Å²) in [7, 11) is 0. The van der Waals surface area contributed by atoms with Crippen molar-refractivity contribution in [1.29, 1.82) is 0 Å². The summed E-state index contributed by atoms with van der Waals surface area (Å²) in [6.45, 7) is 3.87. The lowest BCUT2D eigenvalue weighted by molar-refractivity contribution is -0.385. The Balaban J connectivity index is 1.21. The number of fused-ring (bicyclic) bond motifs is 2. The summed E-state index contributed by atoms with van der Waals surface area (Å²) in [4.78, 5) is 55.9. The highest BCUT2D eigenvalue weighted by Crippen LogP contribution is 2.31. The van der Waals surface area contributed by atoms with E-state index in [4.69, 9.17) is 4.74 Å². The molecule has 3 heterocycles. The maximum absolute atomic E-state index is 12.6. The molecule has 3 amide bonds.